The summed E-state index contributed by atoms with van der Waals surface area (Å²) in [6.45, 7) is 12.0. The average Bonchev–Trinajstić information content (AvgIpc) is 3.01. The van der Waals surface area contributed by atoms with Gasteiger partial charge in [-0.3, -0.25) is 9.59 Å². The summed E-state index contributed by atoms with van der Waals surface area (Å²) in [5.74, 6) is -1.88. The number of benzene rings is 1. The van der Waals surface area contributed by atoms with Crippen molar-refractivity contribution in [2.75, 3.05) is 0 Å². The Bertz CT molecular complexity index is 1640. The second-order valence-electron chi connectivity index (χ2n) is 12.2. The first-order valence-electron chi connectivity index (χ1n) is 19.2. The van der Waals surface area contributed by atoms with E-state index in [2.05, 4.69) is 71.9 Å². The number of ketones is 2. The summed E-state index contributed by atoms with van der Waals surface area (Å²) in [5, 5.41) is 0. The Morgan fingerprint density at radius 3 is 1.35 bits per heavy atom. The van der Waals surface area contributed by atoms with Gasteiger partial charge < -0.3 is 0 Å². The van der Waals surface area contributed by atoms with Crippen LogP contribution in [0.5, 0.6) is 0 Å². The quantitative estimate of drug-likeness (QED) is 0.170. The summed E-state index contributed by atoms with van der Waals surface area (Å²) in [4.78, 5) is 26.7. The largest absolute Gasteiger partial charge is 0.289 e. The number of carbonyl (C=O) groups excluding carboxylic acids is 2. The Hall–Kier alpha value is -3.26. The Kier molecular flexibility index (Phi) is 11.6. The van der Waals surface area contributed by atoms with Crippen molar-refractivity contribution in [2.24, 2.45) is 0 Å². The van der Waals surface area contributed by atoms with E-state index in [1.807, 2.05) is 6.92 Å². The van der Waals surface area contributed by atoms with Crippen molar-refractivity contribution in [3.8, 4) is 0 Å². The van der Waals surface area contributed by atoms with Crippen LogP contribution in [0, 0.1) is 0 Å². The van der Waals surface area contributed by atoms with E-state index >= 15 is 0 Å². The first-order chi connectivity index (χ1) is 23.4. The summed E-state index contributed by atoms with van der Waals surface area (Å²) in [5.41, 5.74) is 5.99. The fourth-order valence-corrected chi connectivity index (χ4v) is 4.93. The van der Waals surface area contributed by atoms with Crippen LogP contribution >= 0.6 is 0 Å². The summed E-state index contributed by atoms with van der Waals surface area (Å²) in [6.07, 6.45) is 23.2. The minimum atomic E-state index is -2.91. The molecular formula is C41H56O2. The van der Waals surface area contributed by atoms with Crippen LogP contribution in [0.25, 0.3) is 0 Å². The number of rotatable bonds is 17. The third kappa shape index (κ3) is 13.3. The molecule has 0 atom stereocenters. The highest BCUT2D eigenvalue weighted by Crippen LogP contribution is 2.28. The monoisotopic (exact) mass is 587 g/mol. The molecule has 2 heteroatoms. The molecule has 0 saturated heterocycles. The zero-order chi connectivity index (χ0) is 37.8. The van der Waals surface area contributed by atoms with E-state index in [4.69, 9.17) is 9.60 Å². The molecule has 2 nitrogen and oxygen atoms in total. The first-order valence-corrected chi connectivity index (χ1v) is 15.7. The molecule has 0 aliphatic heterocycles. The van der Waals surface area contributed by atoms with Gasteiger partial charge in [0.2, 0.25) is 0 Å². The predicted molar refractivity (Wildman–Crippen MR) is 187 cm³/mol. The Balaban J connectivity index is 1.90. The van der Waals surface area contributed by atoms with Gasteiger partial charge in [-0.1, -0.05) is 94.1 Å². The number of allylic oxidation sites excluding steroid dienone is 14. The lowest BCUT2D eigenvalue weighted by Gasteiger charge is -2.18. The molecule has 0 aromatic heterocycles. The van der Waals surface area contributed by atoms with Crippen molar-refractivity contribution in [3.63, 3.8) is 0 Å². The van der Waals surface area contributed by atoms with E-state index in [0.29, 0.717) is 6.42 Å². The van der Waals surface area contributed by atoms with Crippen LogP contribution in [0.2, 0.25) is 0 Å². The molecule has 0 N–H and O–H groups in total. The van der Waals surface area contributed by atoms with Gasteiger partial charge in [-0.05, 0) is 126 Å². The maximum absolute atomic E-state index is 13.5. The van der Waals surface area contributed by atoms with Gasteiger partial charge in [0.05, 0.1) is 5.48 Å². The van der Waals surface area contributed by atoms with Gasteiger partial charge in [0.1, 0.15) is 0 Å². The smallest absolute Gasteiger partial charge is 0.190 e. The summed E-state index contributed by atoms with van der Waals surface area (Å²) in [7, 11) is 0. The molecule has 1 aliphatic rings. The molecule has 1 aliphatic carbocycles. The van der Waals surface area contributed by atoms with Gasteiger partial charge in [0, 0.05) is 26.4 Å². The SMILES string of the molecule is [2H]c1c([2H])c([2H])c2c(c1[2H])C(=O)C(C/C=C(\C)CC/C=C(\C)CC/C=C(\C)CC/C=C(\C)CC/C=C(\C)CCC=C(C)C)=C(C([2H])([2H])[2H])C2=O. The zero-order valence-electron chi connectivity index (χ0n) is 34.6. The lowest BCUT2D eigenvalue weighted by molar-refractivity contribution is 0.0973. The molecule has 1 aromatic rings. The van der Waals surface area contributed by atoms with Crippen LogP contribution in [-0.4, -0.2) is 11.6 Å². The van der Waals surface area contributed by atoms with Gasteiger partial charge in [-0.25, -0.2) is 0 Å². The second-order valence-corrected chi connectivity index (χ2v) is 12.2. The molecule has 0 fully saturated rings. The van der Waals surface area contributed by atoms with Gasteiger partial charge in [0.25, 0.3) is 0 Å². The predicted octanol–water partition coefficient (Wildman–Crippen LogP) is 12.4. The van der Waals surface area contributed by atoms with E-state index in [-0.39, 0.29) is 12.0 Å². The molecule has 0 amide bonds. The minimum absolute atomic E-state index is 0.110. The van der Waals surface area contributed by atoms with E-state index in [9.17, 15) is 9.59 Å². The topological polar surface area (TPSA) is 34.1 Å². The number of carbonyl (C=O) groups is 2. The third-order valence-electron chi connectivity index (χ3n) is 7.82. The van der Waals surface area contributed by atoms with E-state index < -0.39 is 59.3 Å². The zero-order valence-corrected chi connectivity index (χ0v) is 27.6. The highest BCUT2D eigenvalue weighted by molar-refractivity contribution is 6.26. The average molecular weight is 588 g/mol. The summed E-state index contributed by atoms with van der Waals surface area (Å²) < 4.78 is 56.0. The summed E-state index contributed by atoms with van der Waals surface area (Å²) in [6, 6.07) is -2.64. The molecule has 0 unspecified atom stereocenters. The van der Waals surface area contributed by atoms with Gasteiger partial charge in [-0.15, -0.1) is 0 Å². The van der Waals surface area contributed by atoms with Crippen molar-refractivity contribution >= 4 is 11.6 Å². The fourth-order valence-electron chi connectivity index (χ4n) is 4.93. The minimum Gasteiger partial charge on any atom is -0.289 e. The highest BCUT2D eigenvalue weighted by Gasteiger charge is 2.28. The molecule has 43 heavy (non-hydrogen) atoms. The van der Waals surface area contributed by atoms with E-state index in [1.54, 1.807) is 6.08 Å². The van der Waals surface area contributed by atoms with Crippen LogP contribution in [0.1, 0.15) is 156 Å². The maximum Gasteiger partial charge on any atom is 0.190 e. The van der Waals surface area contributed by atoms with Gasteiger partial charge in [0.15, 0.2) is 11.6 Å². The van der Waals surface area contributed by atoms with Crippen LogP contribution in [-0.2, 0) is 0 Å². The fraction of sp³-hybridized carbons (Fsp3) is 0.463. The van der Waals surface area contributed by atoms with Crippen molar-refractivity contribution < 1.29 is 19.2 Å². The van der Waals surface area contributed by atoms with Crippen LogP contribution < -0.4 is 0 Å². The van der Waals surface area contributed by atoms with E-state index in [0.717, 1.165) is 63.4 Å². The van der Waals surface area contributed by atoms with Crippen LogP contribution in [0.15, 0.2) is 105 Å². The lowest BCUT2D eigenvalue weighted by atomic mass is 9.83. The normalized spacial score (nSPS) is 17.9. The highest BCUT2D eigenvalue weighted by atomic mass is 16.1. The molecular weight excluding hydrogens is 524 g/mol. The Morgan fingerprint density at radius 1 is 0.581 bits per heavy atom. The number of Topliss-reactive ketones (excluding diaryl/α,β-unsaturated/α-hetero) is 2. The van der Waals surface area contributed by atoms with Crippen molar-refractivity contribution in [1.82, 2.24) is 0 Å². The third-order valence-corrected chi connectivity index (χ3v) is 7.82. The molecule has 2 rings (SSSR count). The van der Waals surface area contributed by atoms with Crippen LogP contribution in [0.3, 0.4) is 0 Å². The molecule has 232 valence electrons. The molecule has 0 spiro atoms. The first kappa shape index (κ1) is 26.2. The molecule has 0 bridgehead atoms. The lowest BCUT2D eigenvalue weighted by Crippen LogP contribution is -2.20. The molecule has 0 saturated carbocycles. The number of hydrogen-bond donors (Lipinski definition) is 0. The van der Waals surface area contributed by atoms with Gasteiger partial charge >= 0.3 is 0 Å². The standard InChI is InChI=1S/C41H56O2/c1-30(2)16-11-17-31(3)18-12-19-32(4)20-13-21-33(5)22-14-23-34(6)24-15-25-35(7)28-29-37-36(8)40(42)38-26-9-10-27-39(38)41(37)43/h9-10,16,18,20,22,24,26-28H,11-15,17,19,21,23,25,29H2,1-8H3/b31-18+,32-20+,33-22+,34-24+,35-28+/i8D3,9D,10D,26D,27D. The molecule has 0 radical (unpaired) electrons. The maximum atomic E-state index is 13.5. The molecule has 1 aromatic carbocycles. The number of fused-ring (bicyclic) bond motifs is 1. The molecule has 0 heterocycles. The Morgan fingerprint density at radius 2 is 0.953 bits per heavy atom. The van der Waals surface area contributed by atoms with Crippen molar-refractivity contribution in [3.05, 3.63) is 116 Å². The summed E-state index contributed by atoms with van der Waals surface area (Å²) >= 11 is 0. The van der Waals surface area contributed by atoms with E-state index in [1.165, 1.54) is 27.9 Å². The Labute approximate surface area is 273 Å². The van der Waals surface area contributed by atoms with Crippen molar-refractivity contribution in [1.29, 1.82) is 0 Å². The van der Waals surface area contributed by atoms with Crippen molar-refractivity contribution in [2.45, 2.75) is 126 Å². The number of hydrogen-bond acceptors (Lipinski definition) is 2. The second kappa shape index (κ2) is 19.1. The van der Waals surface area contributed by atoms with Crippen LogP contribution in [0.4, 0.5) is 0 Å². The van der Waals surface area contributed by atoms with Gasteiger partial charge in [-0.2, -0.15) is 0 Å².